The molecule has 0 spiro atoms. The molecule has 0 saturated heterocycles. The predicted octanol–water partition coefficient (Wildman–Crippen LogP) is 5.39. The van der Waals surface area contributed by atoms with Crippen molar-refractivity contribution in [2.24, 2.45) is 0 Å². The average molecular weight is 439 g/mol. The van der Waals surface area contributed by atoms with Crippen LogP contribution in [0.1, 0.15) is 22.8 Å². The zero-order valence-electron chi connectivity index (χ0n) is 17.1. The molecule has 164 valence electrons. The molecule has 5 nitrogen and oxygen atoms in total. The summed E-state index contributed by atoms with van der Waals surface area (Å²) in [6.07, 6.45) is -2.19. The zero-order valence-corrected chi connectivity index (χ0v) is 17.1. The van der Waals surface area contributed by atoms with E-state index in [9.17, 15) is 18.3 Å². The van der Waals surface area contributed by atoms with Gasteiger partial charge in [0.25, 0.3) is 0 Å². The first-order valence-electron chi connectivity index (χ1n) is 9.85. The van der Waals surface area contributed by atoms with Crippen molar-refractivity contribution in [2.45, 2.75) is 19.2 Å². The van der Waals surface area contributed by atoms with Gasteiger partial charge in [0.1, 0.15) is 11.9 Å². The van der Waals surface area contributed by atoms with Crippen molar-refractivity contribution in [3.8, 4) is 11.3 Å². The number of aryl methyl sites for hydroxylation is 1. The van der Waals surface area contributed by atoms with Gasteiger partial charge in [-0.15, -0.1) is 0 Å². The maximum Gasteiger partial charge on any atom is 0.416 e. The summed E-state index contributed by atoms with van der Waals surface area (Å²) in [5.41, 5.74) is 2.80. The Labute approximate surface area is 182 Å². The number of halogens is 3. The fourth-order valence-electron chi connectivity index (χ4n) is 3.49. The molecule has 0 amide bonds. The van der Waals surface area contributed by atoms with Crippen LogP contribution in [-0.4, -0.2) is 26.8 Å². The smallest absolute Gasteiger partial charge is 0.393 e. The first-order valence-corrected chi connectivity index (χ1v) is 9.85. The van der Waals surface area contributed by atoms with E-state index in [1.54, 1.807) is 12.3 Å². The molecule has 0 bridgehead atoms. The van der Waals surface area contributed by atoms with Crippen molar-refractivity contribution in [1.29, 1.82) is 0 Å². The molecule has 0 aliphatic carbocycles. The highest BCUT2D eigenvalue weighted by Gasteiger charge is 2.29. The second-order valence-electron chi connectivity index (χ2n) is 7.43. The SMILES string of the molecule is Cc1cc([C@H](O)CO)cnc1-c1ccc2c(Nc3ccc(C(F)(F)F)cc3)nccc2c1. The number of hydrogen-bond acceptors (Lipinski definition) is 5. The Morgan fingerprint density at radius 2 is 1.75 bits per heavy atom. The van der Waals surface area contributed by atoms with Crippen molar-refractivity contribution in [3.63, 3.8) is 0 Å². The van der Waals surface area contributed by atoms with Crippen molar-refractivity contribution in [2.75, 3.05) is 11.9 Å². The Balaban J connectivity index is 1.64. The molecule has 8 heteroatoms. The number of benzene rings is 2. The topological polar surface area (TPSA) is 78.3 Å². The Kier molecular flexibility index (Phi) is 5.82. The van der Waals surface area contributed by atoms with Crippen LogP contribution in [0.2, 0.25) is 0 Å². The maximum absolute atomic E-state index is 12.8. The van der Waals surface area contributed by atoms with E-state index in [0.29, 0.717) is 17.1 Å². The molecule has 0 saturated carbocycles. The van der Waals surface area contributed by atoms with Gasteiger partial charge in [0.05, 0.1) is 17.9 Å². The lowest BCUT2D eigenvalue weighted by Gasteiger charge is -2.13. The fraction of sp³-hybridized carbons (Fsp3) is 0.167. The average Bonchev–Trinajstić information content (AvgIpc) is 2.78. The highest BCUT2D eigenvalue weighted by Crippen LogP contribution is 2.32. The molecule has 1 atom stereocenters. The largest absolute Gasteiger partial charge is 0.416 e. The predicted molar refractivity (Wildman–Crippen MR) is 116 cm³/mol. The van der Waals surface area contributed by atoms with Crippen LogP contribution >= 0.6 is 0 Å². The molecule has 0 unspecified atom stereocenters. The number of rotatable bonds is 5. The third kappa shape index (κ3) is 4.42. The molecule has 2 aromatic heterocycles. The molecular formula is C24H20F3N3O2. The van der Waals surface area contributed by atoms with Crippen LogP contribution in [0.5, 0.6) is 0 Å². The summed E-state index contributed by atoms with van der Waals surface area (Å²) in [6, 6.07) is 14.1. The first kappa shape index (κ1) is 21.7. The quantitative estimate of drug-likeness (QED) is 0.388. The summed E-state index contributed by atoms with van der Waals surface area (Å²) < 4.78 is 38.3. The van der Waals surface area contributed by atoms with Crippen LogP contribution in [0.4, 0.5) is 24.7 Å². The summed E-state index contributed by atoms with van der Waals surface area (Å²) in [4.78, 5) is 8.78. The summed E-state index contributed by atoms with van der Waals surface area (Å²) in [6.45, 7) is 1.50. The molecule has 32 heavy (non-hydrogen) atoms. The van der Waals surface area contributed by atoms with Gasteiger partial charge in [-0.25, -0.2) is 4.98 Å². The second kappa shape index (κ2) is 8.57. The minimum absolute atomic E-state index is 0.377. The third-order valence-electron chi connectivity index (χ3n) is 5.17. The van der Waals surface area contributed by atoms with Crippen molar-refractivity contribution < 1.29 is 23.4 Å². The number of pyridine rings is 2. The van der Waals surface area contributed by atoms with Crippen molar-refractivity contribution in [3.05, 3.63) is 83.7 Å². The number of anilines is 2. The minimum atomic E-state index is -4.38. The van der Waals surface area contributed by atoms with E-state index in [4.69, 9.17) is 5.11 Å². The lowest BCUT2D eigenvalue weighted by molar-refractivity contribution is -0.137. The van der Waals surface area contributed by atoms with Crippen molar-refractivity contribution in [1.82, 2.24) is 9.97 Å². The van der Waals surface area contributed by atoms with Crippen LogP contribution in [-0.2, 0) is 6.18 Å². The van der Waals surface area contributed by atoms with E-state index < -0.39 is 17.8 Å². The van der Waals surface area contributed by atoms with Gasteiger partial charge < -0.3 is 15.5 Å². The van der Waals surface area contributed by atoms with E-state index in [1.807, 2.05) is 31.2 Å². The normalized spacial score (nSPS) is 12.7. The number of alkyl halides is 3. The second-order valence-corrected chi connectivity index (χ2v) is 7.43. The van der Waals surface area contributed by atoms with Gasteiger partial charge in [-0.2, -0.15) is 13.2 Å². The number of nitrogens with one attached hydrogen (secondary N) is 1. The Morgan fingerprint density at radius 3 is 2.41 bits per heavy atom. The Hall–Kier alpha value is -3.49. The van der Waals surface area contributed by atoms with Gasteiger partial charge in [-0.05, 0) is 66.4 Å². The molecule has 0 fully saturated rings. The molecule has 0 aliphatic heterocycles. The van der Waals surface area contributed by atoms with Gasteiger partial charge in [-0.3, -0.25) is 4.98 Å². The van der Waals surface area contributed by atoms with E-state index in [2.05, 4.69) is 15.3 Å². The number of fused-ring (bicyclic) bond motifs is 1. The molecule has 2 aromatic carbocycles. The number of hydrogen-bond donors (Lipinski definition) is 3. The van der Waals surface area contributed by atoms with Crippen LogP contribution in [0.15, 0.2) is 67.0 Å². The monoisotopic (exact) mass is 439 g/mol. The van der Waals surface area contributed by atoms with Gasteiger partial charge in [-0.1, -0.05) is 6.07 Å². The first-order chi connectivity index (χ1) is 15.3. The molecular weight excluding hydrogens is 419 g/mol. The molecule has 0 aliphatic rings. The van der Waals surface area contributed by atoms with E-state index in [-0.39, 0.29) is 6.61 Å². The Bertz CT molecular complexity index is 1260. The number of aromatic nitrogens is 2. The third-order valence-corrected chi connectivity index (χ3v) is 5.17. The van der Waals surface area contributed by atoms with Gasteiger partial charge in [0, 0.05) is 34.6 Å². The lowest BCUT2D eigenvalue weighted by Crippen LogP contribution is -2.04. The van der Waals surface area contributed by atoms with Gasteiger partial charge >= 0.3 is 6.18 Å². The number of aliphatic hydroxyl groups excluding tert-OH is 2. The molecule has 4 rings (SSSR count). The van der Waals surface area contributed by atoms with Crippen LogP contribution in [0.3, 0.4) is 0 Å². The lowest BCUT2D eigenvalue weighted by atomic mass is 10.0. The van der Waals surface area contributed by atoms with Crippen molar-refractivity contribution >= 4 is 22.3 Å². The summed E-state index contributed by atoms with van der Waals surface area (Å²) in [5.74, 6) is 0.528. The summed E-state index contributed by atoms with van der Waals surface area (Å²) in [7, 11) is 0. The molecule has 3 N–H and O–H groups in total. The standard InChI is InChI=1S/C24H20F3N3O2/c1-14-10-17(21(32)13-31)12-29-22(14)16-2-7-20-15(11-16)8-9-28-23(20)30-19-5-3-18(4-6-19)24(25,26)27/h2-12,21,31-32H,13H2,1H3,(H,28,30)/t21-/m1/s1. The molecule has 4 aromatic rings. The highest BCUT2D eigenvalue weighted by molar-refractivity contribution is 5.95. The zero-order chi connectivity index (χ0) is 22.9. The highest BCUT2D eigenvalue weighted by atomic mass is 19.4. The van der Waals surface area contributed by atoms with Gasteiger partial charge in [0.2, 0.25) is 0 Å². The summed E-state index contributed by atoms with van der Waals surface area (Å²) >= 11 is 0. The molecule has 2 heterocycles. The minimum Gasteiger partial charge on any atom is -0.393 e. The molecule has 0 radical (unpaired) electrons. The summed E-state index contributed by atoms with van der Waals surface area (Å²) in [5, 5.41) is 23.7. The van der Waals surface area contributed by atoms with E-state index >= 15 is 0 Å². The van der Waals surface area contributed by atoms with Crippen LogP contribution in [0, 0.1) is 6.92 Å². The van der Waals surface area contributed by atoms with Crippen LogP contribution < -0.4 is 5.32 Å². The Morgan fingerprint density at radius 1 is 1.00 bits per heavy atom. The van der Waals surface area contributed by atoms with E-state index in [1.165, 1.54) is 18.3 Å². The van der Waals surface area contributed by atoms with E-state index in [0.717, 1.165) is 39.7 Å². The van der Waals surface area contributed by atoms with Gasteiger partial charge in [0.15, 0.2) is 0 Å². The maximum atomic E-state index is 12.8. The fourth-order valence-corrected chi connectivity index (χ4v) is 3.49. The number of aliphatic hydroxyl groups is 2. The number of nitrogens with zero attached hydrogens (tertiary/aromatic N) is 2. The van der Waals surface area contributed by atoms with Crippen LogP contribution in [0.25, 0.3) is 22.0 Å².